The van der Waals surface area contributed by atoms with Crippen molar-refractivity contribution in [2.24, 2.45) is 10.9 Å². The van der Waals surface area contributed by atoms with Gasteiger partial charge in [-0.3, -0.25) is 19.9 Å². The van der Waals surface area contributed by atoms with Crippen LogP contribution in [0.3, 0.4) is 0 Å². The standard InChI is InChI=1S/C9H10N2O5/c12-9(13)6-3-10-4-7(11(14)15)8(6)16-5-1-2-5/h3-6,8H,1-2H2,(H,12,13). The van der Waals surface area contributed by atoms with Crippen molar-refractivity contribution in [3.05, 3.63) is 22.0 Å². The number of ether oxygens (including phenoxy) is 1. The van der Waals surface area contributed by atoms with E-state index in [0.29, 0.717) is 0 Å². The molecule has 2 aliphatic rings. The first-order valence-electron chi connectivity index (χ1n) is 4.85. The zero-order valence-electron chi connectivity index (χ0n) is 8.28. The maximum absolute atomic E-state index is 10.9. The fraction of sp³-hybridized carbons (Fsp3) is 0.556. The second kappa shape index (κ2) is 4.01. The van der Waals surface area contributed by atoms with E-state index in [0.717, 1.165) is 19.0 Å². The second-order valence-corrected chi connectivity index (χ2v) is 3.73. The Labute approximate surface area is 90.6 Å². The number of nitro groups is 1. The van der Waals surface area contributed by atoms with Crippen molar-refractivity contribution in [1.82, 2.24) is 0 Å². The third-order valence-corrected chi connectivity index (χ3v) is 2.43. The molecule has 1 aliphatic heterocycles. The van der Waals surface area contributed by atoms with Gasteiger partial charge in [-0.05, 0) is 12.8 Å². The van der Waals surface area contributed by atoms with E-state index in [4.69, 9.17) is 9.84 Å². The molecule has 0 aromatic rings. The summed E-state index contributed by atoms with van der Waals surface area (Å²) >= 11 is 0. The summed E-state index contributed by atoms with van der Waals surface area (Å²) in [6.07, 6.45) is 2.78. The first kappa shape index (κ1) is 10.7. The molecule has 0 aromatic carbocycles. The maximum Gasteiger partial charge on any atom is 0.315 e. The van der Waals surface area contributed by atoms with Crippen LogP contribution in [0.5, 0.6) is 0 Å². The van der Waals surface area contributed by atoms with E-state index in [-0.39, 0.29) is 11.8 Å². The normalized spacial score (nSPS) is 28.6. The van der Waals surface area contributed by atoms with Gasteiger partial charge in [0, 0.05) is 6.21 Å². The summed E-state index contributed by atoms with van der Waals surface area (Å²) < 4.78 is 5.37. The van der Waals surface area contributed by atoms with Gasteiger partial charge in [-0.15, -0.1) is 0 Å². The molecule has 1 N–H and O–H groups in total. The van der Waals surface area contributed by atoms with E-state index in [1.807, 2.05) is 0 Å². The van der Waals surface area contributed by atoms with Gasteiger partial charge in [-0.25, -0.2) is 0 Å². The lowest BCUT2D eigenvalue weighted by molar-refractivity contribution is -0.438. The molecule has 86 valence electrons. The Hall–Kier alpha value is -1.76. The highest BCUT2D eigenvalue weighted by Gasteiger charge is 2.42. The molecular formula is C9H10N2O5. The van der Waals surface area contributed by atoms with Crippen LogP contribution in [-0.4, -0.2) is 34.4 Å². The van der Waals surface area contributed by atoms with Gasteiger partial charge in [0.15, 0.2) is 6.10 Å². The fourth-order valence-corrected chi connectivity index (χ4v) is 1.46. The molecule has 7 nitrogen and oxygen atoms in total. The van der Waals surface area contributed by atoms with Crippen LogP contribution in [0.15, 0.2) is 16.9 Å². The van der Waals surface area contributed by atoms with Gasteiger partial charge >= 0.3 is 5.97 Å². The summed E-state index contributed by atoms with van der Waals surface area (Å²) in [7, 11) is 0. The number of hydrogen-bond acceptors (Lipinski definition) is 5. The molecule has 2 rings (SSSR count). The lowest BCUT2D eigenvalue weighted by Gasteiger charge is -2.20. The van der Waals surface area contributed by atoms with Crippen molar-refractivity contribution in [3.63, 3.8) is 0 Å². The van der Waals surface area contributed by atoms with Gasteiger partial charge in [0.1, 0.15) is 12.1 Å². The highest BCUT2D eigenvalue weighted by atomic mass is 16.6. The molecule has 2 atom stereocenters. The number of nitrogens with zero attached hydrogens (tertiary/aromatic N) is 2. The van der Waals surface area contributed by atoms with E-state index in [2.05, 4.69) is 4.99 Å². The molecule has 0 saturated heterocycles. The van der Waals surface area contributed by atoms with Crippen LogP contribution in [0.1, 0.15) is 12.8 Å². The van der Waals surface area contributed by atoms with E-state index >= 15 is 0 Å². The van der Waals surface area contributed by atoms with Gasteiger partial charge in [0.25, 0.3) is 5.70 Å². The molecule has 1 saturated carbocycles. The van der Waals surface area contributed by atoms with Gasteiger partial charge in [-0.2, -0.15) is 0 Å². The molecular weight excluding hydrogens is 216 g/mol. The summed E-state index contributed by atoms with van der Waals surface area (Å²) in [5.74, 6) is -2.24. The van der Waals surface area contributed by atoms with Crippen LogP contribution < -0.4 is 0 Å². The van der Waals surface area contributed by atoms with Crippen molar-refractivity contribution in [2.45, 2.75) is 25.0 Å². The lowest BCUT2D eigenvalue weighted by atomic mass is 9.99. The first-order valence-corrected chi connectivity index (χ1v) is 4.85. The largest absolute Gasteiger partial charge is 0.481 e. The molecule has 1 aliphatic carbocycles. The van der Waals surface area contributed by atoms with Crippen LogP contribution in [0.4, 0.5) is 0 Å². The molecule has 0 bridgehead atoms. The Morgan fingerprint density at radius 2 is 2.31 bits per heavy atom. The summed E-state index contributed by atoms with van der Waals surface area (Å²) in [6.45, 7) is 0. The number of rotatable bonds is 4. The minimum Gasteiger partial charge on any atom is -0.481 e. The van der Waals surface area contributed by atoms with Crippen molar-refractivity contribution in [2.75, 3.05) is 0 Å². The molecule has 1 fully saturated rings. The zero-order chi connectivity index (χ0) is 11.7. The Morgan fingerprint density at radius 1 is 1.62 bits per heavy atom. The minimum atomic E-state index is -1.16. The average Bonchev–Trinajstić information content (AvgIpc) is 3.01. The third-order valence-electron chi connectivity index (χ3n) is 2.43. The minimum absolute atomic E-state index is 0.0540. The topological polar surface area (TPSA) is 102 Å². The monoisotopic (exact) mass is 226 g/mol. The Kier molecular flexibility index (Phi) is 2.69. The van der Waals surface area contributed by atoms with Crippen molar-refractivity contribution in [1.29, 1.82) is 0 Å². The molecule has 16 heavy (non-hydrogen) atoms. The number of hydrogen-bond donors (Lipinski definition) is 1. The number of aliphatic carboxylic acids is 1. The summed E-state index contributed by atoms with van der Waals surface area (Å²) in [5.41, 5.74) is -0.290. The predicted molar refractivity (Wildman–Crippen MR) is 52.6 cm³/mol. The molecule has 0 aromatic heterocycles. The number of aliphatic imine (C=N–C) groups is 1. The van der Waals surface area contributed by atoms with Crippen LogP contribution in [0.2, 0.25) is 0 Å². The molecule has 7 heteroatoms. The number of carboxylic acids is 1. The highest BCUT2D eigenvalue weighted by molar-refractivity contribution is 5.90. The summed E-state index contributed by atoms with van der Waals surface area (Å²) in [5, 5.41) is 19.6. The van der Waals surface area contributed by atoms with Gasteiger partial charge < -0.3 is 9.84 Å². The van der Waals surface area contributed by atoms with Crippen molar-refractivity contribution < 1.29 is 19.6 Å². The Morgan fingerprint density at radius 3 is 2.81 bits per heavy atom. The molecule has 1 heterocycles. The molecule has 0 radical (unpaired) electrons. The van der Waals surface area contributed by atoms with Crippen LogP contribution in [-0.2, 0) is 9.53 Å². The van der Waals surface area contributed by atoms with Gasteiger partial charge in [0.05, 0.1) is 11.0 Å². The maximum atomic E-state index is 10.9. The first-order chi connectivity index (χ1) is 7.59. The van der Waals surface area contributed by atoms with Crippen LogP contribution in [0, 0.1) is 16.0 Å². The van der Waals surface area contributed by atoms with E-state index < -0.39 is 22.9 Å². The fourth-order valence-electron chi connectivity index (χ4n) is 1.46. The van der Waals surface area contributed by atoms with Crippen LogP contribution >= 0.6 is 0 Å². The molecule has 0 amide bonds. The van der Waals surface area contributed by atoms with Crippen molar-refractivity contribution >= 4 is 12.2 Å². The Balaban J connectivity index is 2.21. The van der Waals surface area contributed by atoms with Gasteiger partial charge in [0.2, 0.25) is 0 Å². The summed E-state index contributed by atoms with van der Waals surface area (Å²) in [4.78, 5) is 24.6. The predicted octanol–water partition coefficient (Wildman–Crippen LogP) is 0.437. The van der Waals surface area contributed by atoms with E-state index in [1.165, 1.54) is 6.21 Å². The average molecular weight is 226 g/mol. The second-order valence-electron chi connectivity index (χ2n) is 3.73. The van der Waals surface area contributed by atoms with Crippen molar-refractivity contribution in [3.8, 4) is 0 Å². The van der Waals surface area contributed by atoms with Crippen LogP contribution in [0.25, 0.3) is 0 Å². The number of carbonyl (C=O) groups is 1. The Bertz CT molecular complexity index is 385. The number of carboxylic acid groups (broad SMARTS) is 1. The summed E-state index contributed by atoms with van der Waals surface area (Å²) in [6, 6.07) is 0. The quantitative estimate of drug-likeness (QED) is 0.553. The smallest absolute Gasteiger partial charge is 0.315 e. The van der Waals surface area contributed by atoms with E-state index in [9.17, 15) is 14.9 Å². The lowest BCUT2D eigenvalue weighted by Crippen LogP contribution is -2.37. The van der Waals surface area contributed by atoms with Gasteiger partial charge in [-0.1, -0.05) is 0 Å². The molecule has 2 unspecified atom stereocenters. The van der Waals surface area contributed by atoms with E-state index in [1.54, 1.807) is 0 Å². The molecule has 0 spiro atoms. The zero-order valence-corrected chi connectivity index (χ0v) is 8.28. The highest BCUT2D eigenvalue weighted by Crippen LogP contribution is 2.31. The SMILES string of the molecule is O=C(O)C1C=NC=C([N+](=O)[O-])C1OC1CC1. The third kappa shape index (κ3) is 2.08.